The predicted octanol–water partition coefficient (Wildman–Crippen LogP) is 4.86. The highest BCUT2D eigenvalue weighted by atomic mass is 16.1. The van der Waals surface area contributed by atoms with Crippen LogP contribution in [0.5, 0.6) is 0 Å². The maximum Gasteiger partial charge on any atom is 0.185 e. The lowest BCUT2D eigenvalue weighted by Crippen LogP contribution is -1.92. The van der Waals surface area contributed by atoms with Crippen LogP contribution in [0.4, 0.5) is 11.4 Å². The smallest absolute Gasteiger partial charge is 0.185 e. The van der Waals surface area contributed by atoms with E-state index in [1.807, 2.05) is 37.3 Å². The molecule has 0 heterocycles. The molecule has 0 saturated heterocycles. The quantitative estimate of drug-likeness (QED) is 0.434. The highest BCUT2D eigenvalue weighted by Crippen LogP contribution is 2.18. The topological polar surface area (TPSA) is 41.8 Å². The Morgan fingerprint density at radius 2 is 1.47 bits per heavy atom. The molecule has 0 aliphatic heterocycles. The molecule has 19 heavy (non-hydrogen) atoms. The van der Waals surface area contributed by atoms with Gasteiger partial charge in [0.15, 0.2) is 5.78 Å². The number of allylic oxidation sites excluding steroid dienone is 2. The SMILES string of the molecule is CC=CC(=O)c1ccc(/N=N/c2ccccc2)cc1. The number of benzene rings is 2. The molecule has 2 aromatic rings. The third-order valence-corrected chi connectivity index (χ3v) is 2.51. The van der Waals surface area contributed by atoms with Gasteiger partial charge < -0.3 is 0 Å². The Hall–Kier alpha value is -2.55. The van der Waals surface area contributed by atoms with Gasteiger partial charge in [-0.3, -0.25) is 4.79 Å². The molecule has 0 amide bonds. The number of carbonyl (C=O) groups excluding carboxylic acids is 1. The summed E-state index contributed by atoms with van der Waals surface area (Å²) < 4.78 is 0. The van der Waals surface area contributed by atoms with Crippen LogP contribution in [-0.2, 0) is 0 Å². The van der Waals surface area contributed by atoms with Gasteiger partial charge in [0.05, 0.1) is 11.4 Å². The highest BCUT2D eigenvalue weighted by molar-refractivity contribution is 6.04. The zero-order chi connectivity index (χ0) is 13.5. The van der Waals surface area contributed by atoms with Gasteiger partial charge in [-0.05, 0) is 49.4 Å². The standard InChI is InChI=1S/C16H14N2O/c1-2-6-16(19)13-9-11-15(12-10-13)18-17-14-7-4-3-5-8-14/h2-12H,1H3/b6-2?,18-17+. The first-order valence-corrected chi connectivity index (χ1v) is 6.03. The average Bonchev–Trinajstić information content (AvgIpc) is 2.47. The van der Waals surface area contributed by atoms with E-state index in [1.165, 1.54) is 0 Å². The second kappa shape index (κ2) is 6.40. The van der Waals surface area contributed by atoms with Crippen molar-refractivity contribution in [3.05, 3.63) is 72.3 Å². The molecule has 0 unspecified atom stereocenters. The second-order valence-corrected chi connectivity index (χ2v) is 3.95. The molecule has 94 valence electrons. The van der Waals surface area contributed by atoms with Crippen molar-refractivity contribution in [2.24, 2.45) is 10.2 Å². The zero-order valence-corrected chi connectivity index (χ0v) is 10.7. The minimum atomic E-state index is -0.00551. The van der Waals surface area contributed by atoms with E-state index < -0.39 is 0 Å². The monoisotopic (exact) mass is 250 g/mol. The number of carbonyl (C=O) groups is 1. The van der Waals surface area contributed by atoms with Crippen molar-refractivity contribution < 1.29 is 4.79 Å². The molecular weight excluding hydrogens is 236 g/mol. The summed E-state index contributed by atoms with van der Waals surface area (Å²) in [7, 11) is 0. The Labute approximate surface area is 112 Å². The summed E-state index contributed by atoms with van der Waals surface area (Å²) in [5, 5.41) is 8.23. The van der Waals surface area contributed by atoms with Crippen molar-refractivity contribution in [1.29, 1.82) is 0 Å². The van der Waals surface area contributed by atoms with Crippen molar-refractivity contribution >= 4 is 17.2 Å². The van der Waals surface area contributed by atoms with Crippen LogP contribution in [0.25, 0.3) is 0 Å². The van der Waals surface area contributed by atoms with Crippen molar-refractivity contribution in [2.75, 3.05) is 0 Å². The molecule has 0 bridgehead atoms. The minimum Gasteiger partial charge on any atom is -0.289 e. The molecule has 0 aromatic heterocycles. The number of nitrogens with zero attached hydrogens (tertiary/aromatic N) is 2. The fourth-order valence-electron chi connectivity index (χ4n) is 1.55. The molecule has 3 heteroatoms. The summed E-state index contributed by atoms with van der Waals surface area (Å²) in [5.41, 5.74) is 2.18. The van der Waals surface area contributed by atoms with Crippen LogP contribution in [0, 0.1) is 0 Å². The maximum absolute atomic E-state index is 11.6. The van der Waals surface area contributed by atoms with E-state index in [-0.39, 0.29) is 5.78 Å². The van der Waals surface area contributed by atoms with E-state index in [0.717, 1.165) is 11.4 Å². The fourth-order valence-corrected chi connectivity index (χ4v) is 1.55. The van der Waals surface area contributed by atoms with Crippen molar-refractivity contribution in [3.63, 3.8) is 0 Å². The van der Waals surface area contributed by atoms with Gasteiger partial charge in [-0.25, -0.2) is 0 Å². The molecule has 0 aliphatic carbocycles. The first-order valence-electron chi connectivity index (χ1n) is 6.03. The Kier molecular flexibility index (Phi) is 4.34. The average molecular weight is 250 g/mol. The summed E-state index contributed by atoms with van der Waals surface area (Å²) in [6.45, 7) is 1.82. The van der Waals surface area contributed by atoms with E-state index in [9.17, 15) is 4.79 Å². The lowest BCUT2D eigenvalue weighted by molar-refractivity contribution is 0.104. The van der Waals surface area contributed by atoms with E-state index >= 15 is 0 Å². The fraction of sp³-hybridized carbons (Fsp3) is 0.0625. The number of hydrogen-bond donors (Lipinski definition) is 0. The van der Waals surface area contributed by atoms with E-state index in [1.54, 1.807) is 36.4 Å². The van der Waals surface area contributed by atoms with Crippen LogP contribution >= 0.6 is 0 Å². The Bertz CT molecular complexity index is 598. The largest absolute Gasteiger partial charge is 0.289 e. The Morgan fingerprint density at radius 3 is 2.05 bits per heavy atom. The van der Waals surface area contributed by atoms with E-state index in [2.05, 4.69) is 10.2 Å². The van der Waals surface area contributed by atoms with Gasteiger partial charge in [-0.1, -0.05) is 24.3 Å². The van der Waals surface area contributed by atoms with Gasteiger partial charge in [-0.15, -0.1) is 0 Å². The predicted molar refractivity (Wildman–Crippen MR) is 76.2 cm³/mol. The maximum atomic E-state index is 11.6. The molecule has 2 aromatic carbocycles. The Balaban J connectivity index is 2.11. The molecule has 0 saturated carbocycles. The second-order valence-electron chi connectivity index (χ2n) is 3.95. The molecule has 0 spiro atoms. The van der Waals surface area contributed by atoms with Crippen LogP contribution in [0.1, 0.15) is 17.3 Å². The number of hydrogen-bond acceptors (Lipinski definition) is 3. The van der Waals surface area contributed by atoms with Gasteiger partial charge in [0.2, 0.25) is 0 Å². The van der Waals surface area contributed by atoms with Crippen LogP contribution in [-0.4, -0.2) is 5.78 Å². The van der Waals surface area contributed by atoms with Crippen molar-refractivity contribution in [1.82, 2.24) is 0 Å². The molecule has 3 nitrogen and oxygen atoms in total. The third kappa shape index (κ3) is 3.71. The van der Waals surface area contributed by atoms with Crippen LogP contribution in [0.2, 0.25) is 0 Å². The third-order valence-electron chi connectivity index (χ3n) is 2.51. The number of rotatable bonds is 4. The molecule has 0 atom stereocenters. The summed E-state index contributed by atoms with van der Waals surface area (Å²) >= 11 is 0. The van der Waals surface area contributed by atoms with Gasteiger partial charge in [0.25, 0.3) is 0 Å². The zero-order valence-electron chi connectivity index (χ0n) is 10.7. The lowest BCUT2D eigenvalue weighted by atomic mass is 10.1. The van der Waals surface area contributed by atoms with Gasteiger partial charge >= 0.3 is 0 Å². The molecule has 0 N–H and O–H groups in total. The first-order chi connectivity index (χ1) is 9.29. The first kappa shape index (κ1) is 12.9. The molecule has 0 aliphatic rings. The molecule has 2 rings (SSSR count). The molecule has 0 radical (unpaired) electrons. The van der Waals surface area contributed by atoms with E-state index in [0.29, 0.717) is 5.56 Å². The van der Waals surface area contributed by atoms with Gasteiger partial charge in [0, 0.05) is 5.56 Å². The van der Waals surface area contributed by atoms with Crippen molar-refractivity contribution in [3.8, 4) is 0 Å². The van der Waals surface area contributed by atoms with Gasteiger partial charge in [-0.2, -0.15) is 10.2 Å². The van der Waals surface area contributed by atoms with Crippen LogP contribution in [0.15, 0.2) is 77.0 Å². The number of ketones is 1. The summed E-state index contributed by atoms with van der Waals surface area (Å²) in [5.74, 6) is -0.00551. The number of azo groups is 1. The van der Waals surface area contributed by atoms with Crippen LogP contribution in [0.3, 0.4) is 0 Å². The summed E-state index contributed by atoms with van der Waals surface area (Å²) in [6.07, 6.45) is 3.27. The summed E-state index contributed by atoms with van der Waals surface area (Å²) in [6, 6.07) is 16.6. The normalized spacial score (nSPS) is 11.2. The Morgan fingerprint density at radius 1 is 0.895 bits per heavy atom. The van der Waals surface area contributed by atoms with Crippen LogP contribution < -0.4 is 0 Å². The van der Waals surface area contributed by atoms with Gasteiger partial charge in [0.1, 0.15) is 0 Å². The summed E-state index contributed by atoms with van der Waals surface area (Å²) in [4.78, 5) is 11.6. The van der Waals surface area contributed by atoms with Crippen molar-refractivity contribution in [2.45, 2.75) is 6.92 Å². The van der Waals surface area contributed by atoms with E-state index in [4.69, 9.17) is 0 Å². The highest BCUT2D eigenvalue weighted by Gasteiger charge is 2.00. The molecule has 0 fully saturated rings. The minimum absolute atomic E-state index is 0.00551. The molecular formula is C16H14N2O. The lowest BCUT2D eigenvalue weighted by Gasteiger charge is -1.96.